The van der Waals surface area contributed by atoms with Crippen LogP contribution < -0.4 is 5.32 Å². The van der Waals surface area contributed by atoms with Gasteiger partial charge in [0.1, 0.15) is 0 Å². The van der Waals surface area contributed by atoms with Gasteiger partial charge in [0.25, 0.3) is 0 Å². The van der Waals surface area contributed by atoms with E-state index in [1.165, 1.54) is 12.8 Å². The van der Waals surface area contributed by atoms with E-state index >= 15 is 0 Å². The van der Waals surface area contributed by atoms with Crippen LogP contribution in [0.1, 0.15) is 11.1 Å². The number of hydrogen-bond acceptors (Lipinski definition) is 1. The predicted octanol–water partition coefficient (Wildman–Crippen LogP) is 1.62. The molecule has 2 rings (SSSR count). The zero-order valence-corrected chi connectivity index (χ0v) is 7.51. The molecule has 0 saturated heterocycles. The second kappa shape index (κ2) is 3.28. The predicted molar refractivity (Wildman–Crippen MR) is 51.3 cm³/mol. The minimum absolute atomic E-state index is 0.826. The van der Waals surface area contributed by atoms with Crippen LogP contribution in [0.5, 0.6) is 0 Å². The smallest absolute Gasteiger partial charge is 0.00172 e. The standard InChI is InChI=1S/C11H15N/c1-12-8-9-6-10-4-2-3-5-11(10)7-9/h2-5,9,12H,6-8H2,1H3. The van der Waals surface area contributed by atoms with Crippen LogP contribution in [0, 0.1) is 5.92 Å². The third-order valence-electron chi connectivity index (χ3n) is 2.63. The minimum atomic E-state index is 0.826. The van der Waals surface area contributed by atoms with Crippen molar-refractivity contribution in [3.05, 3.63) is 35.4 Å². The Morgan fingerprint density at radius 3 is 2.33 bits per heavy atom. The normalized spacial score (nSPS) is 16.4. The molecule has 0 heterocycles. The van der Waals surface area contributed by atoms with E-state index in [2.05, 4.69) is 29.6 Å². The molecule has 0 amide bonds. The molecule has 1 aromatic carbocycles. The fourth-order valence-electron chi connectivity index (χ4n) is 2.08. The highest BCUT2D eigenvalue weighted by molar-refractivity contribution is 5.32. The average molecular weight is 161 g/mol. The monoisotopic (exact) mass is 161 g/mol. The van der Waals surface area contributed by atoms with Gasteiger partial charge in [-0.05, 0) is 43.5 Å². The van der Waals surface area contributed by atoms with Crippen molar-refractivity contribution in [1.29, 1.82) is 0 Å². The summed E-state index contributed by atoms with van der Waals surface area (Å²) in [5, 5.41) is 3.24. The van der Waals surface area contributed by atoms with Crippen molar-refractivity contribution in [2.75, 3.05) is 13.6 Å². The highest BCUT2D eigenvalue weighted by Crippen LogP contribution is 2.25. The largest absolute Gasteiger partial charge is 0.319 e. The van der Waals surface area contributed by atoms with Gasteiger partial charge in [-0.25, -0.2) is 0 Å². The maximum atomic E-state index is 3.24. The van der Waals surface area contributed by atoms with Gasteiger partial charge >= 0.3 is 0 Å². The molecule has 0 atom stereocenters. The Labute approximate surface area is 73.8 Å². The summed E-state index contributed by atoms with van der Waals surface area (Å²) in [5.41, 5.74) is 3.11. The van der Waals surface area contributed by atoms with Gasteiger partial charge in [-0.2, -0.15) is 0 Å². The fourth-order valence-corrected chi connectivity index (χ4v) is 2.08. The molecule has 1 aliphatic rings. The fraction of sp³-hybridized carbons (Fsp3) is 0.455. The Kier molecular flexibility index (Phi) is 2.13. The van der Waals surface area contributed by atoms with Gasteiger partial charge in [0.05, 0.1) is 0 Å². The van der Waals surface area contributed by atoms with Gasteiger partial charge in [-0.15, -0.1) is 0 Å². The Hall–Kier alpha value is -0.820. The zero-order chi connectivity index (χ0) is 8.39. The topological polar surface area (TPSA) is 12.0 Å². The molecular formula is C11H15N. The molecule has 1 nitrogen and oxygen atoms in total. The van der Waals surface area contributed by atoms with E-state index in [-0.39, 0.29) is 0 Å². The summed E-state index contributed by atoms with van der Waals surface area (Å²) in [6, 6.07) is 8.79. The van der Waals surface area contributed by atoms with E-state index in [1.54, 1.807) is 11.1 Å². The summed E-state index contributed by atoms with van der Waals surface area (Å²) in [4.78, 5) is 0. The van der Waals surface area contributed by atoms with Crippen molar-refractivity contribution < 1.29 is 0 Å². The molecule has 1 aliphatic carbocycles. The van der Waals surface area contributed by atoms with E-state index in [0.29, 0.717) is 0 Å². The van der Waals surface area contributed by atoms with Crippen molar-refractivity contribution >= 4 is 0 Å². The summed E-state index contributed by atoms with van der Waals surface area (Å²) in [6.45, 7) is 1.15. The molecular weight excluding hydrogens is 146 g/mol. The SMILES string of the molecule is CNCC1Cc2ccccc2C1. The highest BCUT2D eigenvalue weighted by Gasteiger charge is 2.19. The number of benzene rings is 1. The second-order valence-electron chi connectivity index (χ2n) is 3.60. The minimum Gasteiger partial charge on any atom is -0.319 e. The number of rotatable bonds is 2. The second-order valence-corrected chi connectivity index (χ2v) is 3.60. The lowest BCUT2D eigenvalue weighted by atomic mass is 10.1. The van der Waals surface area contributed by atoms with Crippen molar-refractivity contribution in [2.45, 2.75) is 12.8 Å². The number of fused-ring (bicyclic) bond motifs is 1. The van der Waals surface area contributed by atoms with E-state index < -0.39 is 0 Å². The molecule has 12 heavy (non-hydrogen) atoms. The van der Waals surface area contributed by atoms with E-state index in [1.807, 2.05) is 7.05 Å². The Morgan fingerprint density at radius 1 is 1.25 bits per heavy atom. The molecule has 0 spiro atoms. The van der Waals surface area contributed by atoms with Crippen LogP contribution in [-0.2, 0) is 12.8 Å². The summed E-state index contributed by atoms with van der Waals surface area (Å²) in [5.74, 6) is 0.826. The van der Waals surface area contributed by atoms with Crippen molar-refractivity contribution in [3.8, 4) is 0 Å². The van der Waals surface area contributed by atoms with Gasteiger partial charge < -0.3 is 5.32 Å². The lowest BCUT2D eigenvalue weighted by Gasteiger charge is -2.05. The van der Waals surface area contributed by atoms with Crippen LogP contribution >= 0.6 is 0 Å². The first-order valence-corrected chi connectivity index (χ1v) is 4.61. The van der Waals surface area contributed by atoms with Gasteiger partial charge in [0.2, 0.25) is 0 Å². The summed E-state index contributed by atoms with van der Waals surface area (Å²) in [7, 11) is 2.03. The maximum Gasteiger partial charge on any atom is -0.00172 e. The highest BCUT2D eigenvalue weighted by atomic mass is 14.8. The van der Waals surface area contributed by atoms with Crippen LogP contribution in [0.25, 0.3) is 0 Å². The summed E-state index contributed by atoms with van der Waals surface area (Å²) < 4.78 is 0. The van der Waals surface area contributed by atoms with Gasteiger partial charge in [-0.1, -0.05) is 24.3 Å². The van der Waals surface area contributed by atoms with E-state index in [4.69, 9.17) is 0 Å². The Bertz CT molecular complexity index is 242. The third-order valence-corrected chi connectivity index (χ3v) is 2.63. The number of nitrogens with one attached hydrogen (secondary N) is 1. The van der Waals surface area contributed by atoms with Gasteiger partial charge in [0.15, 0.2) is 0 Å². The van der Waals surface area contributed by atoms with Gasteiger partial charge in [0, 0.05) is 0 Å². The first-order valence-electron chi connectivity index (χ1n) is 4.61. The number of hydrogen-bond donors (Lipinski definition) is 1. The zero-order valence-electron chi connectivity index (χ0n) is 7.51. The molecule has 0 fully saturated rings. The average Bonchev–Trinajstić information content (AvgIpc) is 2.47. The molecule has 1 heteroatoms. The quantitative estimate of drug-likeness (QED) is 0.695. The van der Waals surface area contributed by atoms with Crippen LogP contribution in [0.4, 0.5) is 0 Å². The molecule has 0 unspecified atom stereocenters. The Morgan fingerprint density at radius 2 is 1.83 bits per heavy atom. The lowest BCUT2D eigenvalue weighted by Crippen LogP contribution is -2.18. The van der Waals surface area contributed by atoms with Crippen molar-refractivity contribution in [3.63, 3.8) is 0 Å². The molecule has 0 radical (unpaired) electrons. The van der Waals surface area contributed by atoms with Crippen LogP contribution in [0.3, 0.4) is 0 Å². The van der Waals surface area contributed by atoms with Crippen LogP contribution in [0.15, 0.2) is 24.3 Å². The van der Waals surface area contributed by atoms with E-state index in [0.717, 1.165) is 12.5 Å². The molecule has 64 valence electrons. The first-order chi connectivity index (χ1) is 5.90. The molecule has 0 aromatic heterocycles. The first kappa shape index (κ1) is 7.81. The van der Waals surface area contributed by atoms with Crippen molar-refractivity contribution in [1.82, 2.24) is 5.32 Å². The molecule has 0 aliphatic heterocycles. The molecule has 1 N–H and O–H groups in total. The Balaban J connectivity index is 2.11. The van der Waals surface area contributed by atoms with Gasteiger partial charge in [-0.3, -0.25) is 0 Å². The lowest BCUT2D eigenvalue weighted by molar-refractivity contribution is 0.526. The van der Waals surface area contributed by atoms with Crippen molar-refractivity contribution in [2.24, 2.45) is 5.92 Å². The molecule has 0 saturated carbocycles. The summed E-state index contributed by atoms with van der Waals surface area (Å²) in [6.07, 6.45) is 2.52. The van der Waals surface area contributed by atoms with Crippen LogP contribution in [0.2, 0.25) is 0 Å². The molecule has 0 bridgehead atoms. The maximum absolute atomic E-state index is 3.24. The third kappa shape index (κ3) is 1.37. The molecule has 1 aromatic rings. The van der Waals surface area contributed by atoms with E-state index in [9.17, 15) is 0 Å². The van der Waals surface area contributed by atoms with Crippen LogP contribution in [-0.4, -0.2) is 13.6 Å². The summed E-state index contributed by atoms with van der Waals surface area (Å²) >= 11 is 0.